The number of piperazine rings is 1. The lowest BCUT2D eigenvalue weighted by atomic mass is 9.96. The average Bonchev–Trinajstić information content (AvgIpc) is 3.35. The summed E-state index contributed by atoms with van der Waals surface area (Å²) in [6.07, 6.45) is 0.949. The van der Waals surface area contributed by atoms with Crippen LogP contribution in [0, 0.1) is 0 Å². The van der Waals surface area contributed by atoms with Crippen LogP contribution in [-0.2, 0) is 0 Å². The molecular formula is C29H32N4O2. The van der Waals surface area contributed by atoms with Gasteiger partial charge in [0.15, 0.2) is 0 Å². The molecule has 4 aromatic rings. The van der Waals surface area contributed by atoms with Crippen LogP contribution in [0.2, 0.25) is 0 Å². The Bertz CT molecular complexity index is 1210. The van der Waals surface area contributed by atoms with E-state index in [0.717, 1.165) is 55.8 Å². The molecule has 1 amide bonds. The molecule has 0 unspecified atom stereocenters. The predicted molar refractivity (Wildman–Crippen MR) is 140 cm³/mol. The van der Waals surface area contributed by atoms with Crippen LogP contribution in [0.15, 0.2) is 84.9 Å². The molecule has 5 rings (SSSR count). The van der Waals surface area contributed by atoms with Gasteiger partial charge in [0.25, 0.3) is 5.91 Å². The van der Waals surface area contributed by atoms with Gasteiger partial charge in [0.2, 0.25) is 0 Å². The summed E-state index contributed by atoms with van der Waals surface area (Å²) < 4.78 is 6.07. The predicted octanol–water partition coefficient (Wildman–Crippen LogP) is 4.44. The van der Waals surface area contributed by atoms with Crippen molar-refractivity contribution in [1.29, 1.82) is 0 Å². The second-order valence-electron chi connectivity index (χ2n) is 9.07. The summed E-state index contributed by atoms with van der Waals surface area (Å²) in [7, 11) is 0. The summed E-state index contributed by atoms with van der Waals surface area (Å²) in [4.78, 5) is 19.7. The Hall–Kier alpha value is -3.61. The van der Waals surface area contributed by atoms with Gasteiger partial charge in [-0.2, -0.15) is 0 Å². The van der Waals surface area contributed by atoms with Crippen LogP contribution >= 0.6 is 0 Å². The first-order chi connectivity index (χ1) is 17.2. The van der Waals surface area contributed by atoms with Crippen LogP contribution in [0.5, 0.6) is 5.75 Å². The van der Waals surface area contributed by atoms with Gasteiger partial charge in [-0.05, 0) is 35.7 Å². The third-order valence-electron chi connectivity index (χ3n) is 6.77. The number of rotatable bonds is 9. The minimum atomic E-state index is -0.465. The molecule has 0 atom stereocenters. The molecule has 3 aromatic carbocycles. The number of hydrogen-bond donors (Lipinski definition) is 2. The number of aromatic nitrogens is 1. The molecule has 0 bridgehead atoms. The number of fused-ring (bicyclic) bond motifs is 1. The van der Waals surface area contributed by atoms with E-state index in [1.54, 1.807) is 6.07 Å². The number of amides is 1. The number of H-pyrrole nitrogens is 1. The van der Waals surface area contributed by atoms with Crippen LogP contribution in [0.4, 0.5) is 0 Å². The van der Waals surface area contributed by atoms with Crippen LogP contribution in [0.3, 0.4) is 0 Å². The van der Waals surface area contributed by atoms with Crippen molar-refractivity contribution in [2.24, 2.45) is 5.73 Å². The molecule has 3 N–H and O–H groups in total. The van der Waals surface area contributed by atoms with E-state index < -0.39 is 5.91 Å². The Balaban J connectivity index is 1.14. The lowest BCUT2D eigenvalue weighted by Gasteiger charge is -2.39. The topological polar surface area (TPSA) is 74.6 Å². The van der Waals surface area contributed by atoms with Gasteiger partial charge in [-0.3, -0.25) is 9.69 Å². The second-order valence-corrected chi connectivity index (χ2v) is 9.07. The Morgan fingerprint density at radius 2 is 1.54 bits per heavy atom. The zero-order valence-electron chi connectivity index (χ0n) is 19.9. The minimum absolute atomic E-state index is 0.287. The highest BCUT2D eigenvalue weighted by Crippen LogP contribution is 2.30. The number of primary amides is 1. The van der Waals surface area contributed by atoms with E-state index in [1.807, 2.05) is 18.2 Å². The largest absolute Gasteiger partial charge is 0.493 e. The molecule has 0 aliphatic carbocycles. The number of benzene rings is 3. The highest BCUT2D eigenvalue weighted by molar-refractivity contribution is 5.98. The van der Waals surface area contributed by atoms with E-state index >= 15 is 0 Å². The molecule has 35 heavy (non-hydrogen) atoms. The number of carbonyl (C=O) groups excluding carboxylic acids is 1. The number of nitrogens with two attached hydrogens (primary N) is 1. The van der Waals surface area contributed by atoms with Gasteiger partial charge in [0.05, 0.1) is 12.6 Å². The Morgan fingerprint density at radius 3 is 2.17 bits per heavy atom. The van der Waals surface area contributed by atoms with Crippen molar-refractivity contribution < 1.29 is 9.53 Å². The quantitative estimate of drug-likeness (QED) is 0.356. The first-order valence-electron chi connectivity index (χ1n) is 12.3. The zero-order chi connectivity index (χ0) is 24.0. The Kier molecular flexibility index (Phi) is 7.12. The maximum atomic E-state index is 11.5. The fourth-order valence-electron chi connectivity index (χ4n) is 4.99. The Labute approximate surface area is 206 Å². The van der Waals surface area contributed by atoms with E-state index in [1.165, 1.54) is 11.1 Å². The van der Waals surface area contributed by atoms with Crippen LogP contribution < -0.4 is 10.5 Å². The summed E-state index contributed by atoms with van der Waals surface area (Å²) in [5, 5.41) is 0.891. The Morgan fingerprint density at radius 1 is 0.886 bits per heavy atom. The third-order valence-corrected chi connectivity index (χ3v) is 6.77. The van der Waals surface area contributed by atoms with Crippen LogP contribution in [-0.4, -0.2) is 60.0 Å². The normalized spacial score (nSPS) is 15.0. The molecule has 180 valence electrons. The minimum Gasteiger partial charge on any atom is -0.493 e. The van der Waals surface area contributed by atoms with E-state index in [9.17, 15) is 4.79 Å². The average molecular weight is 469 g/mol. The number of carbonyl (C=O) groups is 1. The van der Waals surface area contributed by atoms with Crippen molar-refractivity contribution in [3.63, 3.8) is 0 Å². The monoisotopic (exact) mass is 468 g/mol. The standard InChI is InChI=1S/C29H32N4O2/c30-29(34)26-21-24-25(31-26)13-7-14-27(24)35-20-8-15-32-16-18-33(19-17-32)28(22-9-3-1-4-10-22)23-11-5-2-6-12-23/h1-7,9-14,21,28,31H,8,15-20H2,(H2,30,34). The molecule has 1 aromatic heterocycles. The summed E-state index contributed by atoms with van der Waals surface area (Å²) >= 11 is 0. The van der Waals surface area contributed by atoms with E-state index in [2.05, 4.69) is 75.4 Å². The molecule has 1 fully saturated rings. The van der Waals surface area contributed by atoms with Gasteiger partial charge in [-0.1, -0.05) is 66.7 Å². The van der Waals surface area contributed by atoms with E-state index in [0.29, 0.717) is 12.3 Å². The molecule has 6 heteroatoms. The van der Waals surface area contributed by atoms with Gasteiger partial charge in [-0.15, -0.1) is 0 Å². The van der Waals surface area contributed by atoms with Gasteiger partial charge in [0.1, 0.15) is 11.4 Å². The molecule has 0 saturated carbocycles. The maximum absolute atomic E-state index is 11.5. The second kappa shape index (κ2) is 10.8. The van der Waals surface area contributed by atoms with Crippen molar-refractivity contribution in [1.82, 2.24) is 14.8 Å². The zero-order valence-corrected chi connectivity index (χ0v) is 19.9. The number of hydrogen-bond acceptors (Lipinski definition) is 4. The molecule has 0 spiro atoms. The van der Waals surface area contributed by atoms with Gasteiger partial charge in [0, 0.05) is 43.6 Å². The summed E-state index contributed by atoms with van der Waals surface area (Å²) in [6, 6.07) is 29.5. The third kappa shape index (κ3) is 5.39. The van der Waals surface area contributed by atoms with Gasteiger partial charge >= 0.3 is 0 Å². The molecule has 6 nitrogen and oxygen atoms in total. The first kappa shape index (κ1) is 23.1. The summed E-state index contributed by atoms with van der Waals surface area (Å²) in [5.41, 5.74) is 9.36. The molecular weight excluding hydrogens is 436 g/mol. The molecule has 0 radical (unpaired) electrons. The summed E-state index contributed by atoms with van der Waals surface area (Å²) in [6.45, 7) is 5.80. The van der Waals surface area contributed by atoms with Crippen molar-refractivity contribution in [2.45, 2.75) is 12.5 Å². The smallest absolute Gasteiger partial charge is 0.265 e. The summed E-state index contributed by atoms with van der Waals surface area (Å²) in [5.74, 6) is 0.317. The number of aromatic amines is 1. The van der Waals surface area contributed by atoms with Gasteiger partial charge in [-0.25, -0.2) is 0 Å². The van der Waals surface area contributed by atoms with Crippen molar-refractivity contribution in [3.05, 3.63) is 102 Å². The molecule has 1 aliphatic rings. The highest BCUT2D eigenvalue weighted by Gasteiger charge is 2.26. The van der Waals surface area contributed by atoms with E-state index in [4.69, 9.17) is 10.5 Å². The number of nitrogens with one attached hydrogen (secondary N) is 1. The van der Waals surface area contributed by atoms with Crippen molar-refractivity contribution >= 4 is 16.8 Å². The van der Waals surface area contributed by atoms with Crippen LogP contribution in [0.25, 0.3) is 10.9 Å². The fraction of sp³-hybridized carbons (Fsp3) is 0.276. The fourth-order valence-corrected chi connectivity index (χ4v) is 4.99. The lowest BCUT2D eigenvalue weighted by molar-refractivity contribution is 0.0996. The lowest BCUT2D eigenvalue weighted by Crippen LogP contribution is -2.48. The van der Waals surface area contributed by atoms with Crippen molar-refractivity contribution in [2.75, 3.05) is 39.3 Å². The highest BCUT2D eigenvalue weighted by atomic mass is 16.5. The first-order valence-corrected chi connectivity index (χ1v) is 12.3. The van der Waals surface area contributed by atoms with Crippen LogP contribution in [0.1, 0.15) is 34.1 Å². The number of nitrogens with zero attached hydrogens (tertiary/aromatic N) is 2. The molecule has 1 aliphatic heterocycles. The van der Waals surface area contributed by atoms with E-state index in [-0.39, 0.29) is 6.04 Å². The molecule has 2 heterocycles. The SMILES string of the molecule is NC(=O)c1cc2c(OCCCN3CCN(C(c4ccccc4)c4ccccc4)CC3)cccc2[nH]1. The molecule has 1 saturated heterocycles. The maximum Gasteiger partial charge on any atom is 0.265 e. The van der Waals surface area contributed by atoms with Gasteiger partial charge < -0.3 is 20.4 Å². The number of ether oxygens (including phenoxy) is 1. The van der Waals surface area contributed by atoms with Crippen molar-refractivity contribution in [3.8, 4) is 5.75 Å².